The lowest BCUT2D eigenvalue weighted by Gasteiger charge is -2.45. The number of carbonyl (C=O) groups excluding carboxylic acids is 7. The molecule has 23 N–H and O–H groups in total. The first-order valence-corrected chi connectivity index (χ1v) is 35.3. The summed E-state index contributed by atoms with van der Waals surface area (Å²) in [6, 6.07) is 0.905. The van der Waals surface area contributed by atoms with Crippen molar-refractivity contribution >= 4 is 58.9 Å². The number of carbonyl (C=O) groups is 8. The minimum absolute atomic E-state index is 0.0709. The number of nitrogens with one attached hydrogen (secondary N) is 7. The number of halogens is 1. The van der Waals surface area contributed by atoms with Crippen molar-refractivity contribution in [2.45, 2.75) is 194 Å². The first-order chi connectivity index (χ1) is 51.9. The fourth-order valence-corrected chi connectivity index (χ4v) is 14.1. The average Bonchev–Trinajstić information content (AvgIpc) is 0.763. The molecule has 3 fully saturated rings. The number of phenolic OH excluding ortho intramolecular Hbond substituents is 3. The SMILES string of the molecule is CN[C@H](CC(C)C)C(=O)N[C@@H]1C(=O)N[C@@H](CC(N)=O)C(=O)N[C@H]2C(=O)N[C@@H]3C(=O)N[C@@H](C(=O)N[C@H](C(=O)O)c4cc(O)cc(O)c4-c4cc3ccc4O)[C@H](O[C@H]3C[C@](C)(N)[C@@H](O)[C@H](C)O3)c3ccc(cc3)Oc3cc2cc(c3O[C@@H]2O[C@H](CO)[C@H](O)[C@H](O)[C@@H]2OC2O[C@H](C)[C@@H](O)[C@H](O)[C@H]2O)Oc2ccc(cc2Cl)[C@@H]1O. The Bertz CT molecular complexity index is 4330. The average molecular weight is 1560 g/mol. The molecule has 13 rings (SSSR count). The van der Waals surface area contributed by atoms with Gasteiger partial charge in [-0.3, -0.25) is 33.6 Å². The number of carboxylic acids is 1. The van der Waals surface area contributed by atoms with Gasteiger partial charge < -0.3 is 148 Å². The summed E-state index contributed by atoms with van der Waals surface area (Å²) in [5, 5.41) is 153. The van der Waals surface area contributed by atoms with Crippen LogP contribution < -0.4 is 62.9 Å². The molecular weight excluding hydrogens is 1470 g/mol. The monoisotopic (exact) mass is 1560 g/mol. The minimum Gasteiger partial charge on any atom is -0.508 e. The zero-order chi connectivity index (χ0) is 80.0. The standard InChI is InChI=1S/C72H86ClN9O28/c1-25(2)15-37(76-6)63(95)81-51-54(89)30-10-14-41(36(73)17-30)106-43-19-31-18-42(60(43)109-71-61(57(92)55(90)44(24-83)107-71)110-70-58(93)56(91)53(88)26(3)104-70)105-33-11-7-28(8-12-33)59(108-46-23-72(5,75)62(94)27(4)103-46)52-68(100)80-50(69(101)102)35-20-32(84)21-40(86)47(35)34-16-29(9-13-39(34)85)48(65(97)82-52)79-66(98)49(31)78-64(96)38(22-45(74)87)77-67(51)99/h7-14,16-21,25-27,37-38,44,46,48-59,61-62,70-71,76,83-86,88-94H,15,22-24,75H2,1-6H3,(H2,74,87)(H,77,99)(H,78,96)(H,79,98)(H,80,100)(H,81,95)(H,82,97)(H,101,102)/t26-,27+,37-,38+,44-,46+,48+,49-,50+,51+,52-,53-,54+,55+,56+,57+,58-,59-,61+,62+,70?,71+,72+/m1/s1. The van der Waals surface area contributed by atoms with Crippen LogP contribution in [0.5, 0.6) is 46.0 Å². The maximum atomic E-state index is 16.3. The van der Waals surface area contributed by atoms with Crippen LogP contribution in [0.4, 0.5) is 0 Å². The number of nitrogens with two attached hydrogens (primary N) is 2. The van der Waals surface area contributed by atoms with E-state index in [0.717, 1.165) is 48.5 Å². The molecule has 1 unspecified atom stereocenters. The van der Waals surface area contributed by atoms with Crippen LogP contribution in [0.2, 0.25) is 5.02 Å². The van der Waals surface area contributed by atoms with Gasteiger partial charge in [-0.2, -0.15) is 0 Å². The molecule has 38 heteroatoms. The number of carboxylic acid groups (broad SMARTS) is 1. The van der Waals surface area contributed by atoms with E-state index in [4.69, 9.17) is 61.0 Å². The number of primary amides is 1. The molecule has 8 aliphatic rings. The van der Waals surface area contributed by atoms with Crippen molar-refractivity contribution in [2.75, 3.05) is 13.7 Å². The van der Waals surface area contributed by atoms with Crippen LogP contribution in [0.15, 0.2) is 84.9 Å². The number of ether oxygens (including phenoxy) is 8. The molecule has 0 aromatic heterocycles. The van der Waals surface area contributed by atoms with E-state index in [1.807, 2.05) is 13.8 Å². The highest BCUT2D eigenvalue weighted by Crippen LogP contribution is 2.49. The van der Waals surface area contributed by atoms with E-state index in [2.05, 4.69) is 37.2 Å². The van der Waals surface area contributed by atoms with Crippen LogP contribution in [0.1, 0.15) is 112 Å². The molecule has 11 bridgehead atoms. The Morgan fingerprint density at radius 3 is 1.97 bits per heavy atom. The second kappa shape index (κ2) is 33.1. The molecule has 23 atom stereocenters. The Kier molecular flexibility index (Phi) is 24.5. The molecule has 0 saturated carbocycles. The molecule has 3 saturated heterocycles. The Labute approximate surface area is 631 Å². The third-order valence-electron chi connectivity index (χ3n) is 19.8. The number of aromatic hydroxyl groups is 3. The highest BCUT2D eigenvalue weighted by Gasteiger charge is 2.53. The van der Waals surface area contributed by atoms with Crippen LogP contribution in [-0.2, 0) is 62.0 Å². The number of hydrogen-bond donors (Lipinski definition) is 21. The van der Waals surface area contributed by atoms with Crippen molar-refractivity contribution in [1.82, 2.24) is 37.2 Å². The number of aliphatic hydroxyl groups is 8. The van der Waals surface area contributed by atoms with Crippen molar-refractivity contribution in [1.29, 1.82) is 0 Å². The van der Waals surface area contributed by atoms with Gasteiger partial charge in [0.15, 0.2) is 36.2 Å². The van der Waals surface area contributed by atoms with Gasteiger partial charge in [-0.1, -0.05) is 49.7 Å². The lowest BCUT2D eigenvalue weighted by atomic mass is 9.86. The zero-order valence-electron chi connectivity index (χ0n) is 59.6. The van der Waals surface area contributed by atoms with E-state index in [-0.39, 0.29) is 46.9 Å². The molecule has 110 heavy (non-hydrogen) atoms. The molecule has 594 valence electrons. The molecule has 8 heterocycles. The molecule has 5 aromatic rings. The molecular formula is C72H86ClN9O28. The van der Waals surface area contributed by atoms with E-state index in [1.54, 1.807) is 0 Å². The second-order valence-corrected chi connectivity index (χ2v) is 28.8. The summed E-state index contributed by atoms with van der Waals surface area (Å²) in [5.41, 5.74) is 8.22. The highest BCUT2D eigenvalue weighted by molar-refractivity contribution is 6.32. The second-order valence-electron chi connectivity index (χ2n) is 28.4. The van der Waals surface area contributed by atoms with Gasteiger partial charge in [-0.15, -0.1) is 0 Å². The normalized spacial score (nSPS) is 32.2. The lowest BCUT2D eigenvalue weighted by molar-refractivity contribution is -0.354. The Hall–Kier alpha value is -9.65. The number of likely N-dealkylation sites (N-methyl/N-ethyl adjacent to an activating group) is 1. The fraction of sp³-hybridized carbons (Fsp3) is 0.472. The maximum absolute atomic E-state index is 16.3. The van der Waals surface area contributed by atoms with Crippen molar-refractivity contribution in [3.8, 4) is 57.1 Å². The summed E-state index contributed by atoms with van der Waals surface area (Å²) in [6.45, 7) is 6.83. The number of rotatable bonds is 15. The first-order valence-electron chi connectivity index (χ1n) is 34.9. The fourth-order valence-electron chi connectivity index (χ4n) is 13.9. The summed E-state index contributed by atoms with van der Waals surface area (Å²) in [4.78, 5) is 119. The Morgan fingerprint density at radius 1 is 0.673 bits per heavy atom. The summed E-state index contributed by atoms with van der Waals surface area (Å²) in [5.74, 6) is -16.0. The van der Waals surface area contributed by atoms with Crippen molar-refractivity contribution in [3.05, 3.63) is 118 Å². The summed E-state index contributed by atoms with van der Waals surface area (Å²) < 4.78 is 50.8. The van der Waals surface area contributed by atoms with Gasteiger partial charge in [0.2, 0.25) is 53.4 Å². The zero-order valence-corrected chi connectivity index (χ0v) is 60.4. The van der Waals surface area contributed by atoms with Gasteiger partial charge in [0.05, 0.1) is 42.4 Å². The summed E-state index contributed by atoms with van der Waals surface area (Å²) in [7, 11) is 1.46. The Balaban J connectivity index is 1.18. The van der Waals surface area contributed by atoms with E-state index in [0.29, 0.717) is 0 Å². The Morgan fingerprint density at radius 2 is 1.33 bits per heavy atom. The number of benzene rings is 5. The molecule has 7 amide bonds. The quantitative estimate of drug-likeness (QED) is 0.0556. The number of phenols is 3. The molecule has 8 aliphatic heterocycles. The van der Waals surface area contributed by atoms with E-state index >= 15 is 19.2 Å². The topological polar surface area (TPSA) is 589 Å². The van der Waals surface area contributed by atoms with E-state index in [9.17, 15) is 80.5 Å². The number of aliphatic carboxylic acids is 1. The van der Waals surface area contributed by atoms with Gasteiger partial charge in [-0.25, -0.2) is 4.79 Å². The van der Waals surface area contributed by atoms with Gasteiger partial charge in [0.1, 0.15) is 108 Å². The molecule has 0 aliphatic carbocycles. The van der Waals surface area contributed by atoms with E-state index in [1.165, 1.54) is 64.2 Å². The summed E-state index contributed by atoms with van der Waals surface area (Å²) >= 11 is 7.10. The third kappa shape index (κ3) is 17.1. The smallest absolute Gasteiger partial charge is 0.330 e. The van der Waals surface area contributed by atoms with Crippen LogP contribution >= 0.6 is 11.6 Å². The molecule has 5 aromatic carbocycles. The van der Waals surface area contributed by atoms with Crippen LogP contribution in [0.3, 0.4) is 0 Å². The minimum atomic E-state index is -2.38. The molecule has 0 radical (unpaired) electrons. The van der Waals surface area contributed by atoms with Crippen molar-refractivity contribution in [3.63, 3.8) is 0 Å². The van der Waals surface area contributed by atoms with Gasteiger partial charge in [0, 0.05) is 34.7 Å². The number of amides is 7. The largest absolute Gasteiger partial charge is 0.508 e. The predicted molar refractivity (Wildman–Crippen MR) is 376 cm³/mol. The van der Waals surface area contributed by atoms with Gasteiger partial charge in [0.25, 0.3) is 0 Å². The first kappa shape index (κ1) is 81.3. The van der Waals surface area contributed by atoms with Crippen LogP contribution in [0.25, 0.3) is 11.1 Å². The molecule has 0 spiro atoms. The maximum Gasteiger partial charge on any atom is 0.330 e. The molecule has 37 nitrogen and oxygen atoms in total. The predicted octanol–water partition coefficient (Wildman–Crippen LogP) is -1.70. The van der Waals surface area contributed by atoms with Crippen molar-refractivity contribution in [2.24, 2.45) is 17.4 Å². The van der Waals surface area contributed by atoms with Crippen LogP contribution in [0, 0.1) is 5.92 Å². The number of aliphatic hydroxyl groups excluding tert-OH is 8. The van der Waals surface area contributed by atoms with Gasteiger partial charge >= 0.3 is 5.97 Å². The number of hydrogen-bond acceptors (Lipinski definition) is 29. The lowest BCUT2D eigenvalue weighted by Crippen LogP contribution is -2.64. The number of fused-ring (bicyclic) bond motifs is 15. The van der Waals surface area contributed by atoms with E-state index < -0.39 is 262 Å². The highest BCUT2D eigenvalue weighted by atomic mass is 35.5. The van der Waals surface area contributed by atoms with Crippen LogP contribution in [-0.4, -0.2) is 232 Å². The third-order valence-corrected chi connectivity index (χ3v) is 20.1. The van der Waals surface area contributed by atoms with Crippen molar-refractivity contribution < 1.29 is 138 Å². The van der Waals surface area contributed by atoms with Gasteiger partial charge in [-0.05, 0) is 117 Å². The summed E-state index contributed by atoms with van der Waals surface area (Å²) in [6.07, 6.45) is -28.3.